The van der Waals surface area contributed by atoms with Crippen LogP contribution < -0.4 is 4.74 Å². The third-order valence-corrected chi connectivity index (χ3v) is 3.00. The van der Waals surface area contributed by atoms with Crippen molar-refractivity contribution in [3.8, 4) is 16.9 Å². The van der Waals surface area contributed by atoms with Gasteiger partial charge in [-0.25, -0.2) is 4.39 Å². The van der Waals surface area contributed by atoms with E-state index in [1.54, 1.807) is 6.92 Å². The summed E-state index contributed by atoms with van der Waals surface area (Å²) in [6.45, 7) is 1.10. The van der Waals surface area contributed by atoms with Gasteiger partial charge < -0.3 is 9.84 Å². The zero-order valence-electron chi connectivity index (χ0n) is 11.0. The van der Waals surface area contributed by atoms with E-state index in [-0.39, 0.29) is 16.7 Å². The van der Waals surface area contributed by atoms with Crippen LogP contribution in [0.5, 0.6) is 5.75 Å². The second kappa shape index (κ2) is 5.73. The van der Waals surface area contributed by atoms with Crippen LogP contribution in [0.3, 0.4) is 0 Å². The Hall–Kier alpha value is -2.08. The number of para-hydroxylation sites is 1. The molecule has 0 unspecified atom stereocenters. The van der Waals surface area contributed by atoms with Gasteiger partial charge in [0.25, 0.3) is 0 Å². The topological polar surface area (TPSA) is 29.5 Å². The summed E-state index contributed by atoms with van der Waals surface area (Å²) < 4.78 is 55.0. The molecule has 0 spiro atoms. The highest BCUT2D eigenvalue weighted by Gasteiger charge is 2.32. The number of hydrogen-bond donors (Lipinski definition) is 1. The van der Waals surface area contributed by atoms with Gasteiger partial charge in [0, 0.05) is 11.1 Å². The first-order chi connectivity index (χ1) is 9.81. The Labute approximate surface area is 118 Å². The van der Waals surface area contributed by atoms with Crippen molar-refractivity contribution in [2.24, 2.45) is 0 Å². The summed E-state index contributed by atoms with van der Waals surface area (Å²) in [5.74, 6) is -1.07. The van der Waals surface area contributed by atoms with Crippen molar-refractivity contribution in [1.29, 1.82) is 0 Å². The minimum atomic E-state index is -4.82. The highest BCUT2D eigenvalue weighted by molar-refractivity contribution is 5.71. The van der Waals surface area contributed by atoms with Gasteiger partial charge in [-0.15, -0.1) is 13.2 Å². The normalized spacial score (nSPS) is 11.5. The van der Waals surface area contributed by atoms with E-state index in [4.69, 9.17) is 5.11 Å². The summed E-state index contributed by atoms with van der Waals surface area (Å²) in [5.41, 5.74) is 0.950. The maximum atomic E-state index is 13.8. The molecule has 0 heterocycles. The lowest BCUT2D eigenvalue weighted by Gasteiger charge is -2.14. The number of hydrogen-bond acceptors (Lipinski definition) is 2. The smallest absolute Gasteiger partial charge is 0.405 e. The number of halogens is 4. The highest BCUT2D eigenvalue weighted by atomic mass is 19.4. The Kier molecular flexibility index (Phi) is 4.18. The number of aryl methyl sites for hydroxylation is 1. The largest absolute Gasteiger partial charge is 0.573 e. The van der Waals surface area contributed by atoms with Gasteiger partial charge in [0.2, 0.25) is 0 Å². The number of rotatable bonds is 3. The second-order valence-electron chi connectivity index (χ2n) is 4.46. The molecular formula is C15H12F4O2. The SMILES string of the molecule is Cc1cc(-c2ccccc2OC(F)(F)F)cc(F)c1CO. The minimum Gasteiger partial charge on any atom is -0.405 e. The van der Waals surface area contributed by atoms with Gasteiger partial charge >= 0.3 is 6.36 Å². The van der Waals surface area contributed by atoms with Crippen molar-refractivity contribution in [2.75, 3.05) is 0 Å². The molecule has 0 aromatic heterocycles. The Bertz CT molecular complexity index is 627. The van der Waals surface area contributed by atoms with Crippen LogP contribution in [0.25, 0.3) is 11.1 Å². The lowest BCUT2D eigenvalue weighted by molar-refractivity contribution is -0.274. The molecule has 0 fully saturated rings. The van der Waals surface area contributed by atoms with Crippen molar-refractivity contribution in [1.82, 2.24) is 0 Å². The number of ether oxygens (including phenoxy) is 1. The molecule has 0 saturated heterocycles. The maximum Gasteiger partial charge on any atom is 0.573 e. The fourth-order valence-electron chi connectivity index (χ4n) is 2.05. The molecule has 0 aliphatic rings. The Morgan fingerprint density at radius 2 is 1.81 bits per heavy atom. The predicted octanol–water partition coefficient (Wildman–Crippen LogP) is 4.19. The van der Waals surface area contributed by atoms with E-state index in [2.05, 4.69) is 4.74 Å². The molecule has 21 heavy (non-hydrogen) atoms. The van der Waals surface area contributed by atoms with E-state index in [0.717, 1.165) is 12.1 Å². The van der Waals surface area contributed by atoms with Gasteiger partial charge in [0.05, 0.1) is 6.61 Å². The van der Waals surface area contributed by atoms with Crippen LogP contribution in [0.2, 0.25) is 0 Å². The number of benzene rings is 2. The van der Waals surface area contributed by atoms with Crippen LogP contribution in [0.1, 0.15) is 11.1 Å². The first-order valence-corrected chi connectivity index (χ1v) is 6.07. The molecule has 2 rings (SSSR count). The summed E-state index contributed by atoms with van der Waals surface area (Å²) in [6.07, 6.45) is -4.82. The van der Waals surface area contributed by atoms with Crippen molar-refractivity contribution >= 4 is 0 Å². The molecule has 0 atom stereocenters. The molecule has 0 aliphatic heterocycles. The van der Waals surface area contributed by atoms with Crippen LogP contribution in [0.4, 0.5) is 17.6 Å². The quantitative estimate of drug-likeness (QED) is 0.861. The molecule has 0 amide bonds. The fourth-order valence-corrected chi connectivity index (χ4v) is 2.05. The van der Waals surface area contributed by atoms with Crippen molar-refractivity contribution < 1.29 is 27.4 Å². The summed E-state index contributed by atoms with van der Waals surface area (Å²) in [7, 11) is 0. The van der Waals surface area contributed by atoms with E-state index >= 15 is 0 Å². The maximum absolute atomic E-state index is 13.8. The van der Waals surface area contributed by atoms with Gasteiger partial charge in [0.1, 0.15) is 11.6 Å². The van der Waals surface area contributed by atoms with E-state index < -0.39 is 24.5 Å². The Morgan fingerprint density at radius 3 is 2.38 bits per heavy atom. The molecule has 0 aliphatic carbocycles. The Morgan fingerprint density at radius 1 is 1.14 bits per heavy atom. The van der Waals surface area contributed by atoms with Crippen LogP contribution >= 0.6 is 0 Å². The molecule has 112 valence electrons. The van der Waals surface area contributed by atoms with Gasteiger partial charge in [-0.1, -0.05) is 24.3 Å². The zero-order chi connectivity index (χ0) is 15.6. The average molecular weight is 300 g/mol. The lowest BCUT2D eigenvalue weighted by atomic mass is 9.99. The van der Waals surface area contributed by atoms with Crippen LogP contribution in [-0.4, -0.2) is 11.5 Å². The van der Waals surface area contributed by atoms with E-state index in [0.29, 0.717) is 5.56 Å². The van der Waals surface area contributed by atoms with Crippen LogP contribution in [0, 0.1) is 12.7 Å². The lowest BCUT2D eigenvalue weighted by Crippen LogP contribution is -2.17. The summed E-state index contributed by atoms with van der Waals surface area (Å²) >= 11 is 0. The second-order valence-corrected chi connectivity index (χ2v) is 4.46. The standard InChI is InChI=1S/C15H12F4O2/c1-9-6-10(7-13(16)12(9)8-20)11-4-2-3-5-14(11)21-15(17,18)19/h2-7,20H,8H2,1H3. The minimum absolute atomic E-state index is 0.118. The first kappa shape index (κ1) is 15.3. The fraction of sp³-hybridized carbons (Fsp3) is 0.200. The van der Waals surface area contributed by atoms with Crippen molar-refractivity contribution in [3.63, 3.8) is 0 Å². The van der Waals surface area contributed by atoms with Crippen molar-refractivity contribution in [2.45, 2.75) is 19.9 Å². The van der Waals surface area contributed by atoms with Gasteiger partial charge in [0.15, 0.2) is 0 Å². The van der Waals surface area contributed by atoms with E-state index in [9.17, 15) is 17.6 Å². The van der Waals surface area contributed by atoms with Gasteiger partial charge in [-0.05, 0) is 30.2 Å². The number of aliphatic hydroxyl groups is 1. The predicted molar refractivity (Wildman–Crippen MR) is 69.2 cm³/mol. The van der Waals surface area contributed by atoms with E-state index in [1.165, 1.54) is 24.3 Å². The average Bonchev–Trinajstić information content (AvgIpc) is 2.37. The molecule has 0 saturated carbocycles. The molecule has 0 bridgehead atoms. The molecule has 1 N–H and O–H groups in total. The summed E-state index contributed by atoms with van der Waals surface area (Å²) in [6, 6.07) is 8.09. The van der Waals surface area contributed by atoms with Crippen molar-refractivity contribution in [3.05, 3.63) is 53.3 Å². The van der Waals surface area contributed by atoms with Crippen LogP contribution in [0.15, 0.2) is 36.4 Å². The molecule has 0 radical (unpaired) electrons. The molecule has 2 aromatic carbocycles. The monoisotopic (exact) mass is 300 g/mol. The molecule has 2 aromatic rings. The van der Waals surface area contributed by atoms with Crippen LogP contribution in [-0.2, 0) is 6.61 Å². The first-order valence-electron chi connectivity index (χ1n) is 6.07. The molecule has 2 nitrogen and oxygen atoms in total. The number of alkyl halides is 3. The number of aliphatic hydroxyl groups excluding tert-OH is 1. The Balaban J connectivity index is 2.52. The third kappa shape index (κ3) is 3.52. The van der Waals surface area contributed by atoms with Gasteiger partial charge in [-0.3, -0.25) is 0 Å². The summed E-state index contributed by atoms with van der Waals surface area (Å²) in [5, 5.41) is 9.05. The van der Waals surface area contributed by atoms with Gasteiger partial charge in [-0.2, -0.15) is 0 Å². The summed E-state index contributed by atoms with van der Waals surface area (Å²) in [4.78, 5) is 0. The molecule has 6 heteroatoms. The third-order valence-electron chi connectivity index (χ3n) is 3.00. The zero-order valence-corrected chi connectivity index (χ0v) is 11.0. The van der Waals surface area contributed by atoms with E-state index in [1.807, 2.05) is 0 Å². The highest BCUT2D eigenvalue weighted by Crippen LogP contribution is 2.35. The molecular weight excluding hydrogens is 288 g/mol.